The fourth-order valence-corrected chi connectivity index (χ4v) is 1.63. The maximum atomic E-state index is 5.95. The van der Waals surface area contributed by atoms with E-state index in [-0.39, 0.29) is 5.82 Å². The Hall–Kier alpha value is -1.53. The number of nitrogen functional groups attached to an aromatic ring is 1. The first-order valence-electron chi connectivity index (χ1n) is 4.77. The summed E-state index contributed by atoms with van der Waals surface area (Å²) >= 11 is 11.7. The predicted octanol–water partition coefficient (Wildman–Crippen LogP) is 2.01. The Morgan fingerprint density at radius 1 is 1.35 bits per heavy atom. The zero-order chi connectivity index (χ0) is 12.3. The number of anilines is 2. The van der Waals surface area contributed by atoms with E-state index >= 15 is 0 Å². The zero-order valence-electron chi connectivity index (χ0n) is 8.65. The first-order valence-corrected chi connectivity index (χ1v) is 5.53. The van der Waals surface area contributed by atoms with Gasteiger partial charge in [0.25, 0.3) is 0 Å². The Morgan fingerprint density at radius 3 is 2.88 bits per heavy atom. The van der Waals surface area contributed by atoms with Gasteiger partial charge in [-0.3, -0.25) is 0 Å². The van der Waals surface area contributed by atoms with E-state index < -0.39 is 0 Å². The summed E-state index contributed by atoms with van der Waals surface area (Å²) in [6, 6.07) is 1.54. The molecule has 2 heterocycles. The molecule has 0 aliphatic rings. The molecule has 0 spiro atoms. The van der Waals surface area contributed by atoms with Crippen LogP contribution < -0.4 is 11.1 Å². The van der Waals surface area contributed by atoms with Gasteiger partial charge in [-0.25, -0.2) is 4.98 Å². The molecule has 6 nitrogen and oxygen atoms in total. The smallest absolute Gasteiger partial charge is 0.213 e. The summed E-state index contributed by atoms with van der Waals surface area (Å²) in [5.74, 6) is 1.32. The van der Waals surface area contributed by atoms with Crippen LogP contribution in [0.25, 0.3) is 0 Å². The summed E-state index contributed by atoms with van der Waals surface area (Å²) in [4.78, 5) is 7.91. The normalized spacial score (nSPS) is 10.5. The zero-order valence-corrected chi connectivity index (χ0v) is 10.2. The van der Waals surface area contributed by atoms with Crippen molar-refractivity contribution in [3.8, 4) is 0 Å². The van der Waals surface area contributed by atoms with E-state index in [0.717, 1.165) is 0 Å². The second kappa shape index (κ2) is 5.20. The molecule has 0 atom stereocenters. The number of rotatable bonds is 4. The minimum Gasteiger partial charge on any atom is -0.382 e. The third kappa shape index (κ3) is 2.98. The SMILES string of the molecule is Nc1nc(NCCc2ncon2)c(Cl)cc1Cl. The van der Waals surface area contributed by atoms with Gasteiger partial charge in [0.15, 0.2) is 5.82 Å². The Labute approximate surface area is 107 Å². The van der Waals surface area contributed by atoms with Gasteiger partial charge >= 0.3 is 0 Å². The summed E-state index contributed by atoms with van der Waals surface area (Å²) < 4.78 is 4.61. The number of hydrogen-bond donors (Lipinski definition) is 2. The van der Waals surface area contributed by atoms with E-state index in [1.165, 1.54) is 6.39 Å². The lowest BCUT2D eigenvalue weighted by atomic mass is 10.4. The lowest BCUT2D eigenvalue weighted by Crippen LogP contribution is -2.08. The highest BCUT2D eigenvalue weighted by atomic mass is 35.5. The molecule has 0 amide bonds. The van der Waals surface area contributed by atoms with Crippen molar-refractivity contribution in [2.24, 2.45) is 0 Å². The molecule has 0 unspecified atom stereocenters. The molecule has 2 aromatic heterocycles. The molecule has 0 fully saturated rings. The molecule has 0 saturated heterocycles. The predicted molar refractivity (Wildman–Crippen MR) is 65.2 cm³/mol. The molecule has 2 aromatic rings. The fourth-order valence-electron chi connectivity index (χ4n) is 1.20. The van der Waals surface area contributed by atoms with Gasteiger partial charge in [-0.15, -0.1) is 0 Å². The first kappa shape index (κ1) is 11.9. The van der Waals surface area contributed by atoms with Crippen molar-refractivity contribution in [2.75, 3.05) is 17.6 Å². The maximum Gasteiger partial charge on any atom is 0.213 e. The average molecular weight is 274 g/mol. The highest BCUT2D eigenvalue weighted by Crippen LogP contribution is 2.27. The van der Waals surface area contributed by atoms with Crippen LogP contribution in [0.5, 0.6) is 0 Å². The summed E-state index contributed by atoms with van der Waals surface area (Å²) in [5.41, 5.74) is 5.57. The summed E-state index contributed by atoms with van der Waals surface area (Å²) in [6.45, 7) is 0.563. The molecule has 0 saturated carbocycles. The van der Waals surface area contributed by atoms with Crippen LogP contribution in [0.2, 0.25) is 10.0 Å². The van der Waals surface area contributed by atoms with E-state index in [0.29, 0.717) is 34.7 Å². The molecule has 90 valence electrons. The number of halogens is 2. The standard InChI is InChI=1S/C9H9Cl2N5O/c10-5-3-6(11)9(15-8(5)12)13-2-1-7-14-4-17-16-7/h3-4H,1-2H2,(H3,12,13,15). The van der Waals surface area contributed by atoms with Crippen LogP contribution >= 0.6 is 23.2 Å². The topological polar surface area (TPSA) is 89.9 Å². The second-order valence-electron chi connectivity index (χ2n) is 3.21. The number of aromatic nitrogens is 3. The summed E-state index contributed by atoms with van der Waals surface area (Å²) in [5, 5.41) is 7.44. The van der Waals surface area contributed by atoms with Crippen LogP contribution in [0.1, 0.15) is 5.82 Å². The van der Waals surface area contributed by atoms with Crippen molar-refractivity contribution in [1.82, 2.24) is 15.1 Å². The molecular weight excluding hydrogens is 265 g/mol. The van der Waals surface area contributed by atoms with E-state index in [1.807, 2.05) is 0 Å². The van der Waals surface area contributed by atoms with Crippen LogP contribution in [-0.2, 0) is 6.42 Å². The molecule has 0 aliphatic carbocycles. The molecular formula is C9H9Cl2N5O. The molecule has 0 radical (unpaired) electrons. The highest BCUT2D eigenvalue weighted by Gasteiger charge is 2.07. The van der Waals surface area contributed by atoms with Crippen LogP contribution in [0.15, 0.2) is 17.0 Å². The Morgan fingerprint density at radius 2 is 2.18 bits per heavy atom. The highest BCUT2D eigenvalue weighted by molar-refractivity contribution is 6.37. The molecule has 8 heteroatoms. The third-order valence-electron chi connectivity index (χ3n) is 2.00. The van der Waals surface area contributed by atoms with E-state index in [4.69, 9.17) is 28.9 Å². The first-order chi connectivity index (χ1) is 8.16. The number of pyridine rings is 1. The van der Waals surface area contributed by atoms with Crippen LogP contribution in [0.3, 0.4) is 0 Å². The van der Waals surface area contributed by atoms with Crippen LogP contribution in [0.4, 0.5) is 11.6 Å². The molecule has 0 aromatic carbocycles. The molecule has 2 rings (SSSR count). The van der Waals surface area contributed by atoms with E-state index in [2.05, 4.69) is 25.0 Å². The second-order valence-corrected chi connectivity index (χ2v) is 4.02. The van der Waals surface area contributed by atoms with Crippen LogP contribution in [0, 0.1) is 0 Å². The fraction of sp³-hybridized carbons (Fsp3) is 0.222. The quantitative estimate of drug-likeness (QED) is 0.886. The largest absolute Gasteiger partial charge is 0.382 e. The van der Waals surface area contributed by atoms with Crippen LogP contribution in [-0.4, -0.2) is 21.7 Å². The number of hydrogen-bond acceptors (Lipinski definition) is 6. The number of nitrogens with two attached hydrogens (primary N) is 1. The molecule has 3 N–H and O–H groups in total. The van der Waals surface area contributed by atoms with Crippen molar-refractivity contribution in [3.05, 3.63) is 28.3 Å². The van der Waals surface area contributed by atoms with Gasteiger partial charge in [0.1, 0.15) is 11.6 Å². The minimum absolute atomic E-state index is 0.234. The Bertz CT molecular complexity index is 502. The van der Waals surface area contributed by atoms with Gasteiger partial charge in [-0.05, 0) is 6.07 Å². The van der Waals surface area contributed by atoms with Gasteiger partial charge in [0, 0.05) is 13.0 Å². The van der Waals surface area contributed by atoms with E-state index in [1.54, 1.807) is 6.07 Å². The van der Waals surface area contributed by atoms with Gasteiger partial charge in [0.2, 0.25) is 6.39 Å². The monoisotopic (exact) mass is 273 g/mol. The third-order valence-corrected chi connectivity index (χ3v) is 2.60. The van der Waals surface area contributed by atoms with Crippen molar-refractivity contribution in [1.29, 1.82) is 0 Å². The average Bonchev–Trinajstić information content (AvgIpc) is 2.78. The minimum atomic E-state index is 0.234. The number of nitrogens with one attached hydrogen (secondary N) is 1. The van der Waals surface area contributed by atoms with Gasteiger partial charge < -0.3 is 15.6 Å². The van der Waals surface area contributed by atoms with Crippen molar-refractivity contribution >= 4 is 34.8 Å². The van der Waals surface area contributed by atoms with Gasteiger partial charge in [-0.1, -0.05) is 28.4 Å². The lowest BCUT2D eigenvalue weighted by molar-refractivity contribution is 0.410. The van der Waals surface area contributed by atoms with Crippen molar-refractivity contribution < 1.29 is 4.52 Å². The maximum absolute atomic E-state index is 5.95. The van der Waals surface area contributed by atoms with Crippen molar-refractivity contribution in [2.45, 2.75) is 6.42 Å². The molecule has 0 aliphatic heterocycles. The van der Waals surface area contributed by atoms with E-state index in [9.17, 15) is 0 Å². The summed E-state index contributed by atoms with van der Waals surface area (Å²) in [7, 11) is 0. The van der Waals surface area contributed by atoms with Gasteiger partial charge in [-0.2, -0.15) is 4.98 Å². The molecule has 17 heavy (non-hydrogen) atoms. The van der Waals surface area contributed by atoms with Crippen molar-refractivity contribution in [3.63, 3.8) is 0 Å². The Balaban J connectivity index is 1.97. The van der Waals surface area contributed by atoms with Gasteiger partial charge in [0.05, 0.1) is 10.0 Å². The summed E-state index contributed by atoms with van der Waals surface area (Å²) in [6.07, 6.45) is 1.87. The molecule has 0 bridgehead atoms. The Kier molecular flexibility index (Phi) is 3.65. The number of nitrogens with zero attached hydrogens (tertiary/aromatic N) is 3. The lowest BCUT2D eigenvalue weighted by Gasteiger charge is -2.07.